The summed E-state index contributed by atoms with van der Waals surface area (Å²) in [4.78, 5) is 53.5. The molecule has 1 unspecified atom stereocenters. The minimum Gasteiger partial charge on any atom is -0.460 e. The largest absolute Gasteiger partial charge is 0.460 e. The van der Waals surface area contributed by atoms with E-state index in [1.165, 1.54) is 6.92 Å². The van der Waals surface area contributed by atoms with Crippen LogP contribution in [0.25, 0.3) is 0 Å². The van der Waals surface area contributed by atoms with E-state index < -0.39 is 29.6 Å². The Balaban J connectivity index is 0. The normalized spacial score (nSPS) is 10.7. The van der Waals surface area contributed by atoms with Crippen molar-refractivity contribution in [2.24, 2.45) is 0 Å². The van der Waals surface area contributed by atoms with Crippen LogP contribution in [0.2, 0.25) is 0 Å². The molecule has 0 rings (SSSR count). The molecule has 138 valence electrons. The van der Waals surface area contributed by atoms with Crippen LogP contribution in [-0.4, -0.2) is 53.7 Å². The molecule has 0 saturated heterocycles. The Morgan fingerprint density at radius 2 is 1.25 bits per heavy atom. The first-order chi connectivity index (χ1) is 11.1. The summed E-state index contributed by atoms with van der Waals surface area (Å²) in [5, 5.41) is 8.81. The number of esters is 2. The number of ether oxygens (including phenoxy) is 2. The van der Waals surface area contributed by atoms with Crippen LogP contribution in [0.1, 0.15) is 53.4 Å². The molecule has 0 aliphatic carbocycles. The van der Waals surface area contributed by atoms with Gasteiger partial charge in [0, 0.05) is 19.3 Å². The first-order valence-electron chi connectivity index (χ1n) is 7.72. The van der Waals surface area contributed by atoms with Crippen LogP contribution in [0.4, 0.5) is 0 Å². The molecule has 0 saturated carbocycles. The first-order valence-corrected chi connectivity index (χ1v) is 7.72. The fourth-order valence-corrected chi connectivity index (χ4v) is 1.26. The van der Waals surface area contributed by atoms with E-state index in [-0.39, 0.29) is 38.3 Å². The predicted molar refractivity (Wildman–Crippen MR) is 84.1 cm³/mol. The van der Waals surface area contributed by atoms with Crippen LogP contribution in [0.5, 0.6) is 0 Å². The van der Waals surface area contributed by atoms with Crippen LogP contribution in [-0.2, 0) is 33.4 Å². The van der Waals surface area contributed by atoms with Gasteiger partial charge < -0.3 is 19.4 Å². The van der Waals surface area contributed by atoms with E-state index in [1.807, 2.05) is 0 Å². The maximum Gasteiger partial charge on any atom is 0.374 e. The molecule has 0 heterocycles. The number of carbonyl (C=O) groups is 5. The van der Waals surface area contributed by atoms with Crippen molar-refractivity contribution < 1.29 is 38.6 Å². The number of aliphatic hydroxyl groups is 1. The third-order valence-electron chi connectivity index (χ3n) is 2.50. The highest BCUT2D eigenvalue weighted by Crippen LogP contribution is 1.98. The van der Waals surface area contributed by atoms with E-state index >= 15 is 0 Å². The molecule has 8 heteroatoms. The summed E-state index contributed by atoms with van der Waals surface area (Å²) >= 11 is 0. The fourth-order valence-electron chi connectivity index (χ4n) is 1.26. The van der Waals surface area contributed by atoms with Gasteiger partial charge in [0.1, 0.15) is 5.78 Å². The molecule has 0 aliphatic heterocycles. The second-order valence-corrected chi connectivity index (χ2v) is 4.88. The third kappa shape index (κ3) is 14.8. The summed E-state index contributed by atoms with van der Waals surface area (Å²) in [6, 6.07) is 0. The lowest BCUT2D eigenvalue weighted by Gasteiger charge is -2.02. The number of hydrogen-bond donors (Lipinski definition) is 1. The van der Waals surface area contributed by atoms with E-state index in [0.29, 0.717) is 6.42 Å². The Bertz CT molecular complexity index is 439. The highest BCUT2D eigenvalue weighted by Gasteiger charge is 2.15. The van der Waals surface area contributed by atoms with Gasteiger partial charge in [0.2, 0.25) is 11.6 Å². The van der Waals surface area contributed by atoms with Crippen LogP contribution in [0.3, 0.4) is 0 Å². The Kier molecular flexibility index (Phi) is 14.6. The molecular weight excluding hydrogens is 320 g/mol. The molecule has 0 fully saturated rings. The number of ketones is 3. The van der Waals surface area contributed by atoms with Gasteiger partial charge in [-0.15, -0.1) is 0 Å². The SMILES string of the molecule is CCOC(=O)C(=O)CCC(C)=O.CCOC(=O)C(=O)CCC(C)O. The number of hydrogen-bond acceptors (Lipinski definition) is 8. The van der Waals surface area contributed by atoms with E-state index in [0.717, 1.165) is 0 Å². The van der Waals surface area contributed by atoms with Crippen LogP contribution < -0.4 is 0 Å². The van der Waals surface area contributed by atoms with Crippen LogP contribution in [0, 0.1) is 0 Å². The molecule has 1 atom stereocenters. The van der Waals surface area contributed by atoms with Gasteiger partial charge in [0.25, 0.3) is 0 Å². The van der Waals surface area contributed by atoms with Gasteiger partial charge >= 0.3 is 11.9 Å². The van der Waals surface area contributed by atoms with Crippen LogP contribution in [0.15, 0.2) is 0 Å². The minimum absolute atomic E-state index is 0.0475. The molecule has 0 aromatic rings. The number of aliphatic hydroxyl groups excluding tert-OH is 1. The van der Waals surface area contributed by atoms with Crippen molar-refractivity contribution in [3.8, 4) is 0 Å². The van der Waals surface area contributed by atoms with Gasteiger partial charge in [-0.3, -0.25) is 9.59 Å². The molecule has 8 nitrogen and oxygen atoms in total. The van der Waals surface area contributed by atoms with Crippen molar-refractivity contribution in [3.63, 3.8) is 0 Å². The van der Waals surface area contributed by atoms with Crippen LogP contribution >= 0.6 is 0 Å². The van der Waals surface area contributed by atoms with Gasteiger partial charge in [-0.05, 0) is 34.1 Å². The lowest BCUT2D eigenvalue weighted by Crippen LogP contribution is -2.18. The lowest BCUT2D eigenvalue weighted by atomic mass is 10.1. The average molecular weight is 346 g/mol. The first kappa shape index (κ1) is 24.2. The molecule has 0 bridgehead atoms. The zero-order chi connectivity index (χ0) is 19.1. The Labute approximate surface area is 141 Å². The molecule has 0 spiro atoms. The topological polar surface area (TPSA) is 124 Å². The lowest BCUT2D eigenvalue weighted by molar-refractivity contribution is -0.153. The predicted octanol–water partition coefficient (Wildman–Crippen LogP) is 0.767. The highest BCUT2D eigenvalue weighted by molar-refractivity contribution is 6.34. The zero-order valence-corrected chi connectivity index (χ0v) is 14.6. The molecule has 0 radical (unpaired) electrons. The van der Waals surface area contributed by atoms with Crippen molar-refractivity contribution in [3.05, 3.63) is 0 Å². The van der Waals surface area contributed by atoms with Crippen molar-refractivity contribution in [1.82, 2.24) is 0 Å². The molecule has 1 N–H and O–H groups in total. The average Bonchev–Trinajstić information content (AvgIpc) is 2.51. The summed E-state index contributed by atoms with van der Waals surface area (Å²) in [7, 11) is 0. The van der Waals surface area contributed by atoms with Crippen molar-refractivity contribution in [2.45, 2.75) is 59.5 Å². The fraction of sp³-hybridized carbons (Fsp3) is 0.688. The van der Waals surface area contributed by atoms with Crippen molar-refractivity contribution in [2.75, 3.05) is 13.2 Å². The second kappa shape index (κ2) is 14.5. The van der Waals surface area contributed by atoms with E-state index in [9.17, 15) is 24.0 Å². The molecule has 0 aromatic carbocycles. The van der Waals surface area contributed by atoms with Gasteiger partial charge in [0.15, 0.2) is 0 Å². The minimum atomic E-state index is -0.848. The van der Waals surface area contributed by atoms with Crippen molar-refractivity contribution >= 4 is 29.3 Å². The van der Waals surface area contributed by atoms with Gasteiger partial charge in [-0.1, -0.05) is 0 Å². The second-order valence-electron chi connectivity index (χ2n) is 4.88. The maximum absolute atomic E-state index is 10.9. The zero-order valence-electron chi connectivity index (χ0n) is 14.6. The van der Waals surface area contributed by atoms with Crippen molar-refractivity contribution in [1.29, 1.82) is 0 Å². The van der Waals surface area contributed by atoms with E-state index in [1.54, 1.807) is 20.8 Å². The standard InChI is InChI=1S/C8H14O4.C8H12O4/c2*1-3-12-8(11)7(10)5-4-6(2)9/h6,9H,3-5H2,1-2H3;3-5H2,1-2H3. The third-order valence-corrected chi connectivity index (χ3v) is 2.50. The molecular formula is C16H26O8. The summed E-state index contributed by atoms with van der Waals surface area (Å²) in [6.45, 7) is 6.59. The maximum atomic E-state index is 10.9. The highest BCUT2D eigenvalue weighted by atomic mass is 16.5. The van der Waals surface area contributed by atoms with Gasteiger partial charge in [-0.2, -0.15) is 0 Å². The van der Waals surface area contributed by atoms with E-state index in [2.05, 4.69) is 9.47 Å². The molecule has 0 aliphatic rings. The monoisotopic (exact) mass is 346 g/mol. The molecule has 0 amide bonds. The van der Waals surface area contributed by atoms with Gasteiger partial charge in [-0.25, -0.2) is 9.59 Å². The number of rotatable bonds is 10. The smallest absolute Gasteiger partial charge is 0.374 e. The summed E-state index contributed by atoms with van der Waals surface area (Å²) in [5.41, 5.74) is 0. The van der Waals surface area contributed by atoms with E-state index in [4.69, 9.17) is 5.11 Å². The molecule has 24 heavy (non-hydrogen) atoms. The van der Waals surface area contributed by atoms with Gasteiger partial charge in [0.05, 0.1) is 19.3 Å². The summed E-state index contributed by atoms with van der Waals surface area (Å²) < 4.78 is 8.90. The molecule has 0 aromatic heterocycles. The number of carbonyl (C=O) groups excluding carboxylic acids is 5. The summed E-state index contributed by atoms with van der Waals surface area (Å²) in [5.74, 6) is -2.96. The number of Topliss-reactive ketones (excluding diaryl/α,β-unsaturated/α-hetero) is 3. The Morgan fingerprint density at radius 1 is 0.833 bits per heavy atom. The quantitative estimate of drug-likeness (QED) is 0.454. The Morgan fingerprint density at radius 3 is 1.58 bits per heavy atom. The Hall–Kier alpha value is -2.09. The summed E-state index contributed by atoms with van der Waals surface area (Å²) in [6.07, 6.45) is -0.136.